The summed E-state index contributed by atoms with van der Waals surface area (Å²) < 4.78 is 24.5. The molecule has 0 saturated heterocycles. The summed E-state index contributed by atoms with van der Waals surface area (Å²) in [4.78, 5) is 0. The first-order valence-electron chi connectivity index (χ1n) is 7.70. The summed E-state index contributed by atoms with van der Waals surface area (Å²) in [6, 6.07) is 3.73. The van der Waals surface area contributed by atoms with Crippen molar-refractivity contribution < 1.29 is 13.5 Å². The van der Waals surface area contributed by atoms with Gasteiger partial charge in [0.15, 0.2) is 9.84 Å². The van der Waals surface area contributed by atoms with E-state index >= 15 is 0 Å². The van der Waals surface area contributed by atoms with E-state index in [0.717, 1.165) is 12.8 Å². The molecule has 3 unspecified atom stereocenters. The van der Waals surface area contributed by atoms with Crippen molar-refractivity contribution >= 4 is 21.2 Å². The molecule has 0 spiro atoms. The third-order valence-electron chi connectivity index (χ3n) is 4.26. The zero-order chi connectivity index (χ0) is 15.3. The van der Waals surface area contributed by atoms with E-state index in [1.54, 1.807) is 17.5 Å². The number of aliphatic hydroxyl groups excluding tert-OH is 1. The van der Waals surface area contributed by atoms with Crippen molar-refractivity contribution in [3.8, 4) is 0 Å². The van der Waals surface area contributed by atoms with E-state index in [4.69, 9.17) is 0 Å². The lowest BCUT2D eigenvalue weighted by molar-refractivity contribution is 0.169. The third kappa shape index (κ3) is 4.77. The molecular formula is C15H25NO3S2. The summed E-state index contributed by atoms with van der Waals surface area (Å²) in [6.07, 6.45) is 5.16. The van der Waals surface area contributed by atoms with Crippen molar-refractivity contribution in [3.05, 3.63) is 17.5 Å². The lowest BCUT2D eigenvalue weighted by Crippen LogP contribution is -2.43. The number of thiophene rings is 1. The normalized spacial score (nSPS) is 24.9. The van der Waals surface area contributed by atoms with Gasteiger partial charge in [0.1, 0.15) is 4.21 Å². The van der Waals surface area contributed by atoms with E-state index in [2.05, 4.69) is 12.2 Å². The molecule has 1 heterocycles. The first-order valence-corrected chi connectivity index (χ1v) is 10.2. The van der Waals surface area contributed by atoms with Gasteiger partial charge in [-0.25, -0.2) is 8.42 Å². The molecule has 1 aromatic heterocycles. The van der Waals surface area contributed by atoms with Gasteiger partial charge in [-0.1, -0.05) is 32.3 Å². The average Bonchev–Trinajstić information content (AvgIpc) is 3.00. The van der Waals surface area contributed by atoms with Crippen LogP contribution in [-0.4, -0.2) is 38.0 Å². The summed E-state index contributed by atoms with van der Waals surface area (Å²) in [7, 11) is -3.36. The Labute approximate surface area is 131 Å². The highest BCUT2D eigenvalue weighted by atomic mass is 32.2. The van der Waals surface area contributed by atoms with Crippen molar-refractivity contribution in [2.75, 3.05) is 12.3 Å². The van der Waals surface area contributed by atoms with Gasteiger partial charge >= 0.3 is 0 Å². The second-order valence-corrected chi connectivity index (χ2v) is 9.04. The molecular weight excluding hydrogens is 306 g/mol. The van der Waals surface area contributed by atoms with Gasteiger partial charge in [-0.05, 0) is 30.2 Å². The van der Waals surface area contributed by atoms with Gasteiger partial charge < -0.3 is 10.4 Å². The predicted octanol–water partition coefficient (Wildman–Crippen LogP) is 2.44. The second-order valence-electron chi connectivity index (χ2n) is 5.83. The van der Waals surface area contributed by atoms with E-state index in [9.17, 15) is 13.5 Å². The van der Waals surface area contributed by atoms with Crippen molar-refractivity contribution in [3.63, 3.8) is 0 Å². The molecule has 2 rings (SSSR count). The van der Waals surface area contributed by atoms with Crippen LogP contribution in [0.5, 0.6) is 0 Å². The Morgan fingerprint density at radius 2 is 2.19 bits per heavy atom. The maximum atomic E-state index is 12.1. The van der Waals surface area contributed by atoms with Crippen molar-refractivity contribution in [1.82, 2.24) is 5.32 Å². The van der Waals surface area contributed by atoms with Crippen LogP contribution in [0.1, 0.15) is 39.0 Å². The summed E-state index contributed by atoms with van der Waals surface area (Å²) >= 11 is 1.20. The van der Waals surface area contributed by atoms with Crippen molar-refractivity contribution in [2.45, 2.75) is 55.4 Å². The fourth-order valence-corrected chi connectivity index (χ4v) is 5.57. The molecule has 6 heteroatoms. The van der Waals surface area contributed by atoms with Gasteiger partial charge in [0, 0.05) is 12.6 Å². The molecule has 1 fully saturated rings. The van der Waals surface area contributed by atoms with Crippen LogP contribution in [0.4, 0.5) is 0 Å². The van der Waals surface area contributed by atoms with E-state index in [1.165, 1.54) is 30.6 Å². The van der Waals surface area contributed by atoms with E-state index in [1.807, 2.05) is 0 Å². The van der Waals surface area contributed by atoms with Crippen LogP contribution >= 0.6 is 11.3 Å². The average molecular weight is 332 g/mol. The molecule has 0 aliphatic heterocycles. The molecule has 1 aromatic rings. The second kappa shape index (κ2) is 7.72. The number of sulfone groups is 1. The number of rotatable bonds is 7. The van der Waals surface area contributed by atoms with Gasteiger partial charge in [-0.2, -0.15) is 0 Å². The van der Waals surface area contributed by atoms with Crippen LogP contribution < -0.4 is 5.32 Å². The molecule has 1 aliphatic carbocycles. The molecule has 3 atom stereocenters. The molecule has 0 amide bonds. The topological polar surface area (TPSA) is 66.4 Å². The predicted molar refractivity (Wildman–Crippen MR) is 86.4 cm³/mol. The third-order valence-corrected chi connectivity index (χ3v) is 7.55. The molecule has 4 nitrogen and oxygen atoms in total. The highest BCUT2D eigenvalue weighted by molar-refractivity contribution is 7.93. The first-order chi connectivity index (χ1) is 10.0. The maximum absolute atomic E-state index is 12.1. The smallest absolute Gasteiger partial charge is 0.190 e. The van der Waals surface area contributed by atoms with Crippen LogP contribution in [0.3, 0.4) is 0 Å². The molecule has 120 valence electrons. The van der Waals surface area contributed by atoms with E-state index < -0.39 is 15.9 Å². The van der Waals surface area contributed by atoms with Crippen LogP contribution in [0.2, 0.25) is 0 Å². The Morgan fingerprint density at radius 1 is 1.43 bits per heavy atom. The summed E-state index contributed by atoms with van der Waals surface area (Å²) in [5, 5.41) is 15.2. The summed E-state index contributed by atoms with van der Waals surface area (Å²) in [6.45, 7) is 2.55. The Balaban J connectivity index is 1.83. The Hall–Kier alpha value is -0.430. The highest BCUT2D eigenvalue weighted by Gasteiger charge is 2.25. The van der Waals surface area contributed by atoms with Gasteiger partial charge in [-0.15, -0.1) is 11.3 Å². The lowest BCUT2D eigenvalue weighted by Gasteiger charge is -2.32. The fraction of sp³-hybridized carbons (Fsp3) is 0.733. The fourth-order valence-electron chi connectivity index (χ4n) is 3.09. The zero-order valence-electron chi connectivity index (χ0n) is 12.5. The van der Waals surface area contributed by atoms with Crippen molar-refractivity contribution in [2.24, 2.45) is 5.92 Å². The molecule has 1 saturated carbocycles. The van der Waals surface area contributed by atoms with Crippen LogP contribution in [0.15, 0.2) is 21.7 Å². The van der Waals surface area contributed by atoms with Crippen molar-refractivity contribution in [1.29, 1.82) is 0 Å². The SMILES string of the molecule is CCC1CCCCC1NCC(O)CS(=O)(=O)c1cccs1. The molecule has 1 aliphatic rings. The molecule has 21 heavy (non-hydrogen) atoms. The summed E-state index contributed by atoms with van der Waals surface area (Å²) in [5.74, 6) is 0.448. The largest absolute Gasteiger partial charge is 0.391 e. The van der Waals surface area contributed by atoms with Crippen LogP contribution in [-0.2, 0) is 9.84 Å². The van der Waals surface area contributed by atoms with E-state index in [0.29, 0.717) is 22.7 Å². The van der Waals surface area contributed by atoms with Gasteiger partial charge in [0.2, 0.25) is 0 Å². The first kappa shape index (κ1) is 16.9. The Kier molecular flexibility index (Phi) is 6.22. The minimum Gasteiger partial charge on any atom is -0.391 e. The highest BCUT2D eigenvalue weighted by Crippen LogP contribution is 2.26. The Morgan fingerprint density at radius 3 is 2.86 bits per heavy atom. The van der Waals surface area contributed by atoms with E-state index in [-0.39, 0.29) is 5.75 Å². The van der Waals surface area contributed by atoms with Gasteiger partial charge in [-0.3, -0.25) is 0 Å². The van der Waals surface area contributed by atoms with Gasteiger partial charge in [0.25, 0.3) is 0 Å². The molecule has 2 N–H and O–H groups in total. The van der Waals surface area contributed by atoms with Crippen LogP contribution in [0.25, 0.3) is 0 Å². The molecule has 0 aromatic carbocycles. The number of aliphatic hydroxyl groups is 1. The van der Waals surface area contributed by atoms with Crippen LogP contribution in [0, 0.1) is 5.92 Å². The minimum atomic E-state index is -3.36. The quantitative estimate of drug-likeness (QED) is 0.805. The standard InChI is InChI=1S/C15H25NO3S2/c1-2-12-6-3-4-7-14(12)16-10-13(17)11-21(18,19)15-8-5-9-20-15/h5,8-9,12-14,16-17H,2-4,6-7,10-11H2,1H3. The minimum absolute atomic E-state index is 0.204. The molecule has 0 bridgehead atoms. The number of hydrogen-bond donors (Lipinski definition) is 2. The number of hydrogen-bond acceptors (Lipinski definition) is 5. The number of nitrogens with one attached hydrogen (secondary N) is 1. The maximum Gasteiger partial charge on any atom is 0.190 e. The van der Waals surface area contributed by atoms with Gasteiger partial charge in [0.05, 0.1) is 11.9 Å². The molecule has 0 radical (unpaired) electrons. The Bertz CT molecular complexity index is 513. The monoisotopic (exact) mass is 331 g/mol. The zero-order valence-corrected chi connectivity index (χ0v) is 14.1. The lowest BCUT2D eigenvalue weighted by atomic mass is 9.83. The summed E-state index contributed by atoms with van der Waals surface area (Å²) in [5.41, 5.74) is 0.